The summed E-state index contributed by atoms with van der Waals surface area (Å²) in [6, 6.07) is 20.2. The van der Waals surface area contributed by atoms with Crippen molar-refractivity contribution in [1.82, 2.24) is 4.90 Å². The molecule has 4 rings (SSSR count). The van der Waals surface area contributed by atoms with Crippen LogP contribution >= 0.6 is 35.4 Å². The SMILES string of the molecule is COc1cc(/C=C2/C(=O)N(c3ccccc3)C(=S)N2C)cc(Cl)c1OCc1ccccc1Cl. The Morgan fingerprint density at radius 3 is 2.39 bits per heavy atom. The zero-order chi connectivity index (χ0) is 23.5. The summed E-state index contributed by atoms with van der Waals surface area (Å²) in [4.78, 5) is 16.3. The van der Waals surface area contributed by atoms with E-state index in [1.165, 1.54) is 12.0 Å². The van der Waals surface area contributed by atoms with Gasteiger partial charge in [-0.3, -0.25) is 9.69 Å². The number of hydrogen-bond acceptors (Lipinski definition) is 4. The molecule has 0 radical (unpaired) electrons. The molecular weight excluding hydrogens is 479 g/mol. The van der Waals surface area contributed by atoms with Gasteiger partial charge in [-0.25, -0.2) is 0 Å². The van der Waals surface area contributed by atoms with Crippen LogP contribution in [0.3, 0.4) is 0 Å². The summed E-state index contributed by atoms with van der Waals surface area (Å²) in [6.07, 6.45) is 1.73. The monoisotopic (exact) mass is 498 g/mol. The zero-order valence-electron chi connectivity index (χ0n) is 17.9. The Morgan fingerprint density at radius 2 is 1.70 bits per heavy atom. The van der Waals surface area contributed by atoms with Crippen molar-refractivity contribution in [3.05, 3.63) is 93.6 Å². The minimum atomic E-state index is -0.220. The van der Waals surface area contributed by atoms with E-state index in [0.29, 0.717) is 43.6 Å². The standard InChI is InChI=1S/C25H20Cl2N2O3S/c1-28-21(24(30)29(25(28)33)18-9-4-3-5-10-18)13-16-12-20(27)23(22(14-16)31-2)32-15-17-8-6-7-11-19(17)26/h3-14H,15H2,1-2H3/b21-13-. The Morgan fingerprint density at radius 1 is 1.00 bits per heavy atom. The average Bonchev–Trinajstić information content (AvgIpc) is 3.02. The summed E-state index contributed by atoms with van der Waals surface area (Å²) < 4.78 is 11.4. The third-order valence-electron chi connectivity index (χ3n) is 5.16. The molecule has 1 aliphatic heterocycles. The lowest BCUT2D eigenvalue weighted by Gasteiger charge is -2.16. The molecule has 5 nitrogen and oxygen atoms in total. The van der Waals surface area contributed by atoms with E-state index in [2.05, 4.69) is 0 Å². The van der Waals surface area contributed by atoms with E-state index in [1.54, 1.807) is 36.2 Å². The first-order chi connectivity index (χ1) is 15.9. The van der Waals surface area contributed by atoms with Crippen LogP contribution in [0.25, 0.3) is 6.08 Å². The Hall–Kier alpha value is -3.06. The summed E-state index contributed by atoms with van der Waals surface area (Å²) in [5.41, 5.74) is 2.64. The molecule has 3 aromatic carbocycles. The third kappa shape index (κ3) is 4.69. The lowest BCUT2D eigenvalue weighted by Crippen LogP contribution is -2.30. The number of anilines is 1. The fraction of sp³-hybridized carbons (Fsp3) is 0.120. The third-order valence-corrected chi connectivity index (χ3v) is 6.27. The first kappa shape index (κ1) is 23.1. The molecule has 0 aromatic heterocycles. The van der Waals surface area contributed by atoms with Gasteiger partial charge in [0, 0.05) is 17.6 Å². The highest BCUT2D eigenvalue weighted by Crippen LogP contribution is 2.38. The van der Waals surface area contributed by atoms with Crippen LogP contribution < -0.4 is 14.4 Å². The maximum atomic E-state index is 13.2. The first-order valence-corrected chi connectivity index (χ1v) is 11.2. The fourth-order valence-electron chi connectivity index (χ4n) is 3.45. The van der Waals surface area contributed by atoms with Crippen LogP contribution in [-0.2, 0) is 11.4 Å². The summed E-state index contributed by atoms with van der Waals surface area (Å²) in [7, 11) is 3.29. The van der Waals surface area contributed by atoms with Crippen LogP contribution in [0, 0.1) is 0 Å². The quantitative estimate of drug-likeness (QED) is 0.299. The average molecular weight is 499 g/mol. The number of rotatable bonds is 6. The summed E-state index contributed by atoms with van der Waals surface area (Å²) >= 11 is 18.3. The number of ether oxygens (including phenoxy) is 2. The lowest BCUT2D eigenvalue weighted by atomic mass is 10.1. The predicted molar refractivity (Wildman–Crippen MR) is 136 cm³/mol. The molecule has 1 heterocycles. The number of carbonyl (C=O) groups excluding carboxylic acids is 1. The number of methoxy groups -OCH3 is 1. The fourth-order valence-corrected chi connectivity index (χ4v) is 4.20. The first-order valence-electron chi connectivity index (χ1n) is 10.0. The predicted octanol–water partition coefficient (Wildman–Crippen LogP) is 6.19. The molecule has 0 aliphatic carbocycles. The lowest BCUT2D eigenvalue weighted by molar-refractivity contribution is -0.114. The minimum absolute atomic E-state index is 0.220. The second-order valence-corrected chi connectivity index (χ2v) is 8.44. The van der Waals surface area contributed by atoms with Crippen LogP contribution in [0.2, 0.25) is 10.0 Å². The van der Waals surface area contributed by atoms with Crippen LogP contribution in [0.1, 0.15) is 11.1 Å². The molecular formula is C25H20Cl2N2O3S. The summed E-state index contributed by atoms with van der Waals surface area (Å²) in [5.74, 6) is 0.619. The van der Waals surface area contributed by atoms with Gasteiger partial charge in [-0.1, -0.05) is 59.6 Å². The highest BCUT2D eigenvalue weighted by Gasteiger charge is 2.36. The summed E-state index contributed by atoms with van der Waals surface area (Å²) in [5, 5.41) is 1.36. The Balaban J connectivity index is 1.63. The van der Waals surface area contributed by atoms with Gasteiger partial charge in [0.2, 0.25) is 0 Å². The second kappa shape index (κ2) is 9.83. The highest BCUT2D eigenvalue weighted by molar-refractivity contribution is 7.80. The molecule has 0 bridgehead atoms. The van der Waals surface area contributed by atoms with Crippen LogP contribution in [0.15, 0.2) is 72.4 Å². The van der Waals surface area contributed by atoms with Crippen molar-refractivity contribution in [2.75, 3.05) is 19.1 Å². The molecule has 168 valence electrons. The number of likely N-dealkylation sites (N-methyl/N-ethyl adjacent to an activating group) is 1. The number of nitrogens with zero attached hydrogens (tertiary/aromatic N) is 2. The van der Waals surface area contributed by atoms with Crippen molar-refractivity contribution >= 4 is 58.2 Å². The second-order valence-electron chi connectivity index (χ2n) is 7.26. The zero-order valence-corrected chi connectivity index (χ0v) is 20.2. The van der Waals surface area contributed by atoms with E-state index in [9.17, 15) is 4.79 Å². The molecule has 0 saturated carbocycles. The number of halogens is 2. The van der Waals surface area contributed by atoms with E-state index >= 15 is 0 Å². The van der Waals surface area contributed by atoms with E-state index < -0.39 is 0 Å². The molecule has 0 unspecified atom stereocenters. The van der Waals surface area contributed by atoms with Gasteiger partial charge in [0.05, 0.1) is 17.8 Å². The summed E-state index contributed by atoms with van der Waals surface area (Å²) in [6.45, 7) is 0.234. The highest BCUT2D eigenvalue weighted by atomic mass is 35.5. The minimum Gasteiger partial charge on any atom is -0.493 e. The molecule has 0 atom stereocenters. The number of carbonyl (C=O) groups is 1. The van der Waals surface area contributed by atoms with Crippen molar-refractivity contribution in [3.8, 4) is 11.5 Å². The van der Waals surface area contributed by atoms with Gasteiger partial charge in [-0.15, -0.1) is 0 Å². The van der Waals surface area contributed by atoms with Gasteiger partial charge in [0.25, 0.3) is 5.91 Å². The Kier molecular flexibility index (Phi) is 6.88. The molecule has 1 amide bonds. The van der Waals surface area contributed by atoms with Crippen molar-refractivity contribution in [2.45, 2.75) is 6.61 Å². The largest absolute Gasteiger partial charge is 0.493 e. The smallest absolute Gasteiger partial charge is 0.281 e. The van der Waals surface area contributed by atoms with E-state index in [4.69, 9.17) is 44.9 Å². The molecule has 8 heteroatoms. The Labute approximate surface area is 207 Å². The molecule has 1 saturated heterocycles. The molecule has 1 fully saturated rings. The van der Waals surface area contributed by atoms with Crippen molar-refractivity contribution in [3.63, 3.8) is 0 Å². The number of thiocarbonyl (C=S) groups is 1. The molecule has 3 aromatic rings. The van der Waals surface area contributed by atoms with Gasteiger partial charge in [0.15, 0.2) is 16.6 Å². The van der Waals surface area contributed by atoms with Crippen molar-refractivity contribution < 1.29 is 14.3 Å². The normalized spacial score (nSPS) is 14.8. The van der Waals surface area contributed by atoms with Gasteiger partial charge in [-0.2, -0.15) is 0 Å². The molecule has 0 spiro atoms. The van der Waals surface area contributed by atoms with E-state index in [0.717, 1.165) is 5.56 Å². The maximum Gasteiger partial charge on any atom is 0.281 e. The maximum absolute atomic E-state index is 13.2. The van der Waals surface area contributed by atoms with E-state index in [-0.39, 0.29) is 12.5 Å². The van der Waals surface area contributed by atoms with Crippen LogP contribution in [-0.4, -0.2) is 30.1 Å². The molecule has 33 heavy (non-hydrogen) atoms. The topological polar surface area (TPSA) is 42.0 Å². The van der Waals surface area contributed by atoms with Crippen LogP contribution in [0.4, 0.5) is 5.69 Å². The van der Waals surface area contributed by atoms with Gasteiger partial charge in [0.1, 0.15) is 12.3 Å². The molecule has 0 N–H and O–H groups in total. The number of para-hydroxylation sites is 1. The van der Waals surface area contributed by atoms with Crippen LogP contribution in [0.5, 0.6) is 11.5 Å². The number of hydrogen-bond donors (Lipinski definition) is 0. The van der Waals surface area contributed by atoms with Gasteiger partial charge < -0.3 is 14.4 Å². The van der Waals surface area contributed by atoms with Gasteiger partial charge >= 0.3 is 0 Å². The van der Waals surface area contributed by atoms with Gasteiger partial charge in [-0.05, 0) is 54.2 Å². The number of amides is 1. The van der Waals surface area contributed by atoms with Crippen molar-refractivity contribution in [2.24, 2.45) is 0 Å². The number of benzene rings is 3. The Bertz CT molecular complexity index is 1250. The molecule has 1 aliphatic rings. The van der Waals surface area contributed by atoms with E-state index in [1.807, 2.05) is 48.5 Å². The van der Waals surface area contributed by atoms with Crippen molar-refractivity contribution in [1.29, 1.82) is 0 Å².